The van der Waals surface area contributed by atoms with Gasteiger partial charge < -0.3 is 5.32 Å². The Kier molecular flexibility index (Phi) is 2.14. The Morgan fingerprint density at radius 1 is 0.667 bits per heavy atom. The molecule has 5 rings (SSSR count). The number of benzene rings is 3. The second kappa shape index (κ2) is 3.92. The minimum absolute atomic E-state index is 0.170. The highest BCUT2D eigenvalue weighted by molar-refractivity contribution is 8.01. The number of fused-ring (bicyclic) bond motifs is 6. The molecule has 0 saturated heterocycles. The van der Waals surface area contributed by atoms with Crippen molar-refractivity contribution in [2.75, 3.05) is 5.32 Å². The predicted molar refractivity (Wildman–Crippen MR) is 88.6 cm³/mol. The maximum Gasteiger partial charge on any atom is 0.141 e. The first-order valence-corrected chi connectivity index (χ1v) is 7.96. The quantitative estimate of drug-likeness (QED) is 0.618. The van der Waals surface area contributed by atoms with Gasteiger partial charge in [-0.3, -0.25) is 0 Å². The Balaban J connectivity index is 1.82. The van der Waals surface area contributed by atoms with Crippen molar-refractivity contribution in [3.63, 3.8) is 0 Å². The van der Waals surface area contributed by atoms with Gasteiger partial charge in [0.15, 0.2) is 0 Å². The van der Waals surface area contributed by atoms with Crippen molar-refractivity contribution in [2.45, 2.75) is 9.77 Å². The van der Waals surface area contributed by atoms with E-state index < -0.39 is 0 Å². The fraction of sp³-hybridized carbons (Fsp3) is 0.0526. The van der Waals surface area contributed by atoms with Gasteiger partial charge in [-0.2, -0.15) is 0 Å². The van der Waals surface area contributed by atoms with E-state index in [0.29, 0.717) is 0 Å². The molecular weight excluding hydrogens is 274 g/mol. The molecule has 3 aromatic carbocycles. The van der Waals surface area contributed by atoms with Gasteiger partial charge in [-0.05, 0) is 23.3 Å². The molecule has 3 aromatic rings. The van der Waals surface area contributed by atoms with Crippen molar-refractivity contribution in [1.29, 1.82) is 0 Å². The molecule has 0 bridgehead atoms. The first-order chi connectivity index (χ1) is 10.4. The smallest absolute Gasteiger partial charge is 0.141 e. The average Bonchev–Trinajstić information content (AvgIpc) is 3.06. The van der Waals surface area contributed by atoms with E-state index in [-0.39, 0.29) is 4.87 Å². The summed E-state index contributed by atoms with van der Waals surface area (Å²) in [5.41, 5.74) is 6.66. The number of rotatable bonds is 0. The molecule has 2 heteroatoms. The van der Waals surface area contributed by atoms with Crippen molar-refractivity contribution >= 4 is 17.4 Å². The Bertz CT molecular complexity index is 796. The minimum atomic E-state index is -0.170. The number of nitrogens with one attached hydrogen (secondary N) is 1. The Hall–Kier alpha value is -2.19. The normalized spacial score (nSPS) is 16.2. The highest BCUT2D eigenvalue weighted by Crippen LogP contribution is 2.61. The number of hydrogen-bond acceptors (Lipinski definition) is 2. The molecule has 1 nitrogen and oxygen atoms in total. The van der Waals surface area contributed by atoms with Crippen LogP contribution in [-0.2, 0) is 4.87 Å². The van der Waals surface area contributed by atoms with E-state index in [9.17, 15) is 0 Å². The lowest BCUT2D eigenvalue weighted by molar-refractivity contribution is 0.905. The molecule has 0 radical (unpaired) electrons. The molecule has 1 N–H and O–H groups in total. The van der Waals surface area contributed by atoms with E-state index in [1.54, 1.807) is 0 Å². The summed E-state index contributed by atoms with van der Waals surface area (Å²) in [6.45, 7) is 0. The van der Waals surface area contributed by atoms with Crippen molar-refractivity contribution in [3.05, 3.63) is 83.9 Å². The third-order valence-corrected chi connectivity index (χ3v) is 5.79. The third kappa shape index (κ3) is 1.38. The zero-order chi connectivity index (χ0) is 13.9. The molecule has 1 aliphatic carbocycles. The highest BCUT2D eigenvalue weighted by Gasteiger charge is 2.47. The molecule has 0 atom stereocenters. The van der Waals surface area contributed by atoms with Gasteiger partial charge in [0.1, 0.15) is 4.87 Å². The van der Waals surface area contributed by atoms with E-state index in [2.05, 4.69) is 78.1 Å². The summed E-state index contributed by atoms with van der Waals surface area (Å²) in [5.74, 6) is 0. The van der Waals surface area contributed by atoms with Crippen LogP contribution in [0.4, 0.5) is 5.69 Å². The van der Waals surface area contributed by atoms with Gasteiger partial charge in [-0.1, -0.05) is 72.4 Å². The van der Waals surface area contributed by atoms with Crippen molar-refractivity contribution in [3.8, 4) is 11.1 Å². The van der Waals surface area contributed by atoms with E-state index in [1.165, 1.54) is 32.8 Å². The van der Waals surface area contributed by atoms with Crippen LogP contribution in [0.5, 0.6) is 0 Å². The number of hydrogen-bond donors (Lipinski definition) is 1. The zero-order valence-electron chi connectivity index (χ0n) is 11.3. The van der Waals surface area contributed by atoms with Gasteiger partial charge >= 0.3 is 0 Å². The Morgan fingerprint density at radius 2 is 1.24 bits per heavy atom. The number of para-hydroxylation sites is 1. The first kappa shape index (κ1) is 11.5. The maximum absolute atomic E-state index is 3.79. The molecule has 1 aliphatic heterocycles. The molecule has 0 aromatic heterocycles. The Morgan fingerprint density at radius 3 is 1.90 bits per heavy atom. The second-order valence-corrected chi connectivity index (χ2v) is 6.75. The van der Waals surface area contributed by atoms with E-state index in [4.69, 9.17) is 0 Å². The van der Waals surface area contributed by atoms with Crippen molar-refractivity contribution in [2.24, 2.45) is 0 Å². The van der Waals surface area contributed by atoms with Gasteiger partial charge in [0.05, 0.1) is 0 Å². The standard InChI is InChI=1S/C19H13NS/c1-3-9-15-13(7-1)14-8-2-4-10-16(14)19(15)20-17-11-5-6-12-18(17)21-19/h1-12,20H. The van der Waals surface area contributed by atoms with E-state index in [0.717, 1.165) is 0 Å². The largest absolute Gasteiger partial charge is 0.362 e. The summed E-state index contributed by atoms with van der Waals surface area (Å²) in [5, 5.41) is 3.79. The van der Waals surface area contributed by atoms with Crippen LogP contribution in [0.25, 0.3) is 11.1 Å². The van der Waals surface area contributed by atoms with Crippen LogP contribution >= 0.6 is 11.8 Å². The second-order valence-electron chi connectivity index (χ2n) is 5.50. The fourth-order valence-electron chi connectivity index (χ4n) is 3.48. The molecule has 1 spiro atoms. The molecule has 100 valence electrons. The van der Waals surface area contributed by atoms with Crippen molar-refractivity contribution in [1.82, 2.24) is 0 Å². The molecule has 2 aliphatic rings. The van der Waals surface area contributed by atoms with Gasteiger partial charge in [-0.25, -0.2) is 0 Å². The summed E-state index contributed by atoms with van der Waals surface area (Å²) in [6.07, 6.45) is 0. The first-order valence-electron chi connectivity index (χ1n) is 7.14. The highest BCUT2D eigenvalue weighted by atomic mass is 32.2. The SMILES string of the molecule is c1ccc2c(c1)NC1(S2)c2ccccc2-c2ccccc21. The maximum atomic E-state index is 3.79. The lowest BCUT2D eigenvalue weighted by Gasteiger charge is -2.26. The predicted octanol–water partition coefficient (Wildman–Crippen LogP) is 5.09. The molecule has 0 saturated carbocycles. The van der Waals surface area contributed by atoms with Gasteiger partial charge in [0.25, 0.3) is 0 Å². The van der Waals surface area contributed by atoms with Crippen LogP contribution in [0, 0.1) is 0 Å². The molecule has 1 heterocycles. The monoisotopic (exact) mass is 287 g/mol. The molecular formula is C19H13NS. The molecule has 0 unspecified atom stereocenters. The summed E-state index contributed by atoms with van der Waals surface area (Å²) < 4.78 is 0. The van der Waals surface area contributed by atoms with Crippen LogP contribution in [0.1, 0.15) is 11.1 Å². The van der Waals surface area contributed by atoms with Gasteiger partial charge in [0.2, 0.25) is 0 Å². The van der Waals surface area contributed by atoms with E-state index in [1.807, 2.05) is 11.8 Å². The van der Waals surface area contributed by atoms with Crippen LogP contribution in [-0.4, -0.2) is 0 Å². The van der Waals surface area contributed by atoms with Crippen molar-refractivity contribution < 1.29 is 0 Å². The number of thioether (sulfide) groups is 1. The summed E-state index contributed by atoms with van der Waals surface area (Å²) in [7, 11) is 0. The molecule has 0 amide bonds. The lowest BCUT2D eigenvalue weighted by atomic mass is 10.0. The third-order valence-electron chi connectivity index (χ3n) is 4.36. The van der Waals surface area contributed by atoms with Crippen LogP contribution in [0.2, 0.25) is 0 Å². The Labute approximate surface area is 128 Å². The summed E-state index contributed by atoms with van der Waals surface area (Å²) in [6, 6.07) is 26.1. The average molecular weight is 287 g/mol. The van der Waals surface area contributed by atoms with Crippen LogP contribution in [0.15, 0.2) is 77.7 Å². The number of anilines is 1. The fourth-order valence-corrected chi connectivity index (χ4v) is 4.92. The van der Waals surface area contributed by atoms with E-state index >= 15 is 0 Å². The van der Waals surface area contributed by atoms with Gasteiger partial charge in [0, 0.05) is 21.7 Å². The zero-order valence-corrected chi connectivity index (χ0v) is 12.2. The molecule has 0 fully saturated rings. The summed E-state index contributed by atoms with van der Waals surface area (Å²) >= 11 is 1.92. The lowest BCUT2D eigenvalue weighted by Crippen LogP contribution is -2.26. The van der Waals surface area contributed by atoms with Crippen LogP contribution in [0.3, 0.4) is 0 Å². The van der Waals surface area contributed by atoms with Crippen LogP contribution < -0.4 is 5.32 Å². The molecule has 21 heavy (non-hydrogen) atoms. The summed E-state index contributed by atoms with van der Waals surface area (Å²) in [4.78, 5) is 1.15. The van der Waals surface area contributed by atoms with Gasteiger partial charge in [-0.15, -0.1) is 0 Å². The minimum Gasteiger partial charge on any atom is -0.362 e. The topological polar surface area (TPSA) is 12.0 Å².